The highest BCUT2D eigenvalue weighted by Crippen LogP contribution is 2.38. The van der Waals surface area contributed by atoms with Gasteiger partial charge >= 0.3 is 5.97 Å². The summed E-state index contributed by atoms with van der Waals surface area (Å²) in [6.45, 7) is 9.50. The molecule has 176 valence electrons. The number of rotatable bonds is 8. The highest BCUT2D eigenvalue weighted by molar-refractivity contribution is 5.77. The Bertz CT molecular complexity index is 1240. The van der Waals surface area contributed by atoms with E-state index in [-0.39, 0.29) is 11.9 Å². The topological polar surface area (TPSA) is 30.2 Å². The zero-order valence-electron chi connectivity index (χ0n) is 20.9. The Morgan fingerprint density at radius 2 is 1.76 bits per heavy atom. The molecule has 1 aromatic heterocycles. The quantitative estimate of drug-likeness (QED) is 0.206. The number of hydrogen-bond acceptors (Lipinski definition) is 2. The lowest BCUT2D eigenvalue weighted by molar-refractivity contribution is -0.669. The number of ether oxygens (including phenoxy) is 1. The van der Waals surface area contributed by atoms with Crippen LogP contribution in [-0.2, 0) is 16.1 Å². The number of esters is 1. The third-order valence-electron chi connectivity index (χ3n) is 7.14. The van der Waals surface area contributed by atoms with Crippen LogP contribution in [0.2, 0.25) is 0 Å². The predicted molar refractivity (Wildman–Crippen MR) is 140 cm³/mol. The molecule has 3 nitrogen and oxygen atoms in total. The van der Waals surface area contributed by atoms with Gasteiger partial charge in [0.05, 0.1) is 12.0 Å². The fourth-order valence-corrected chi connectivity index (χ4v) is 4.65. The molecule has 1 aliphatic rings. The number of para-hydroxylation sites is 1. The van der Waals surface area contributed by atoms with E-state index < -0.39 is 5.41 Å². The van der Waals surface area contributed by atoms with Crippen LogP contribution in [0.3, 0.4) is 0 Å². The molecule has 1 atom stereocenters. The largest absolute Gasteiger partial charge is 0.465 e. The van der Waals surface area contributed by atoms with Crippen LogP contribution in [0.15, 0.2) is 72.3 Å². The maximum atomic E-state index is 12.4. The average Bonchev–Trinajstić information content (AvgIpc) is 2.87. The van der Waals surface area contributed by atoms with Crippen molar-refractivity contribution in [2.24, 2.45) is 5.41 Å². The smallest absolute Gasteiger partial charge is 0.311 e. The highest BCUT2D eigenvalue weighted by Gasteiger charge is 2.27. The number of aryl methyl sites for hydroxylation is 1. The molecule has 4 rings (SSSR count). The van der Waals surface area contributed by atoms with Crippen LogP contribution in [0.5, 0.6) is 0 Å². The van der Waals surface area contributed by atoms with Crippen molar-refractivity contribution in [3.8, 4) is 0 Å². The Kier molecular flexibility index (Phi) is 7.31. The fourth-order valence-electron chi connectivity index (χ4n) is 4.65. The molecule has 0 saturated heterocycles. The zero-order valence-corrected chi connectivity index (χ0v) is 20.9. The molecule has 3 aromatic rings. The molecule has 0 bridgehead atoms. The number of benzene rings is 2. The molecule has 0 N–H and O–H groups in total. The van der Waals surface area contributed by atoms with Crippen LogP contribution in [0, 0.1) is 5.41 Å². The van der Waals surface area contributed by atoms with E-state index in [1.165, 1.54) is 33.3 Å². The van der Waals surface area contributed by atoms with Crippen molar-refractivity contribution in [1.29, 1.82) is 0 Å². The van der Waals surface area contributed by atoms with Crippen LogP contribution < -0.4 is 4.57 Å². The SMILES string of the molecule is CC[n+]1c(/C=C2\C=Cc3ccccc3C2CCCOC(=O)C(C)(C)CC)ccc2ccccc21. The molecule has 0 aliphatic heterocycles. The molecule has 0 saturated carbocycles. The molecule has 0 radical (unpaired) electrons. The van der Waals surface area contributed by atoms with Gasteiger partial charge in [0.1, 0.15) is 6.54 Å². The van der Waals surface area contributed by atoms with Crippen molar-refractivity contribution >= 4 is 29.0 Å². The molecule has 1 unspecified atom stereocenters. The van der Waals surface area contributed by atoms with E-state index in [2.05, 4.69) is 90.4 Å². The maximum Gasteiger partial charge on any atom is 0.311 e. The van der Waals surface area contributed by atoms with Gasteiger partial charge in [-0.25, -0.2) is 0 Å². The number of pyridine rings is 1. The van der Waals surface area contributed by atoms with Crippen molar-refractivity contribution in [2.45, 2.75) is 59.4 Å². The Hall–Kier alpha value is -3.20. The summed E-state index contributed by atoms with van der Waals surface area (Å²) in [4.78, 5) is 12.4. The minimum atomic E-state index is -0.422. The Labute approximate surface area is 203 Å². The first-order valence-electron chi connectivity index (χ1n) is 12.5. The molecule has 3 heteroatoms. The monoisotopic (exact) mass is 454 g/mol. The molecular weight excluding hydrogens is 418 g/mol. The third-order valence-corrected chi connectivity index (χ3v) is 7.14. The first kappa shape index (κ1) is 23.9. The van der Waals surface area contributed by atoms with Gasteiger partial charge in [0, 0.05) is 29.5 Å². The number of nitrogens with zero attached hydrogens (tertiary/aromatic N) is 1. The van der Waals surface area contributed by atoms with Crippen LogP contribution >= 0.6 is 0 Å². The molecule has 0 spiro atoms. The van der Waals surface area contributed by atoms with Crippen molar-refractivity contribution in [2.75, 3.05) is 6.61 Å². The number of aromatic nitrogens is 1. The summed E-state index contributed by atoms with van der Waals surface area (Å²) in [5, 5.41) is 1.25. The van der Waals surface area contributed by atoms with Crippen molar-refractivity contribution in [3.05, 3.63) is 89.1 Å². The third kappa shape index (κ3) is 4.99. The number of allylic oxidation sites excluding steroid dienone is 2. The van der Waals surface area contributed by atoms with Crippen LogP contribution in [0.4, 0.5) is 0 Å². The first-order valence-corrected chi connectivity index (χ1v) is 12.5. The highest BCUT2D eigenvalue weighted by atomic mass is 16.5. The summed E-state index contributed by atoms with van der Waals surface area (Å²) < 4.78 is 8.01. The van der Waals surface area contributed by atoms with Gasteiger partial charge in [-0.1, -0.05) is 55.5 Å². The first-order chi connectivity index (χ1) is 16.4. The summed E-state index contributed by atoms with van der Waals surface area (Å²) in [7, 11) is 0. The lowest BCUT2D eigenvalue weighted by Gasteiger charge is -2.25. The molecular formula is C31H36NO2+. The van der Waals surface area contributed by atoms with E-state index in [1.54, 1.807) is 0 Å². The molecule has 0 fully saturated rings. The molecule has 0 amide bonds. The number of carbonyl (C=O) groups excluding carboxylic acids is 1. The van der Waals surface area contributed by atoms with Crippen LogP contribution in [0.1, 0.15) is 69.7 Å². The average molecular weight is 455 g/mol. The maximum absolute atomic E-state index is 12.4. The predicted octanol–water partition coefficient (Wildman–Crippen LogP) is 7.10. The van der Waals surface area contributed by atoms with Gasteiger partial charge in [-0.05, 0) is 68.9 Å². The minimum Gasteiger partial charge on any atom is -0.465 e. The molecule has 1 heterocycles. The van der Waals surface area contributed by atoms with Crippen LogP contribution in [0.25, 0.3) is 23.1 Å². The second-order valence-electron chi connectivity index (χ2n) is 9.74. The standard InChI is InChI=1S/C31H36NO2/c1-5-31(3,4)30(33)34-21-11-15-28-25(18-17-23-12-7-9-14-27(23)28)22-26-20-19-24-13-8-10-16-29(24)32(26)6-2/h7-10,12-14,16-20,22,28H,5-6,11,15,21H2,1-4H3/q+1/b25-22+. The minimum absolute atomic E-state index is 0.102. The summed E-state index contributed by atoms with van der Waals surface area (Å²) in [5.74, 6) is 0.172. The van der Waals surface area contributed by atoms with Crippen molar-refractivity contribution in [1.82, 2.24) is 0 Å². The zero-order chi connectivity index (χ0) is 24.1. The number of fused-ring (bicyclic) bond motifs is 2. The van der Waals surface area contributed by atoms with Crippen LogP contribution in [-0.4, -0.2) is 12.6 Å². The second kappa shape index (κ2) is 10.4. The molecule has 2 aromatic carbocycles. The van der Waals surface area contributed by atoms with Gasteiger partial charge in [0.25, 0.3) is 0 Å². The van der Waals surface area contributed by atoms with E-state index in [0.29, 0.717) is 6.61 Å². The van der Waals surface area contributed by atoms with Crippen molar-refractivity contribution in [3.63, 3.8) is 0 Å². The van der Waals surface area contributed by atoms with Gasteiger partial charge in [-0.3, -0.25) is 4.79 Å². The number of carbonyl (C=O) groups is 1. The lowest BCUT2D eigenvalue weighted by atomic mass is 9.80. The van der Waals surface area contributed by atoms with E-state index in [1.807, 2.05) is 20.8 Å². The fraction of sp³-hybridized carbons (Fsp3) is 0.355. The Morgan fingerprint density at radius 3 is 2.56 bits per heavy atom. The number of hydrogen-bond donors (Lipinski definition) is 0. The second-order valence-corrected chi connectivity index (χ2v) is 9.74. The van der Waals surface area contributed by atoms with Gasteiger partial charge < -0.3 is 4.74 Å². The lowest BCUT2D eigenvalue weighted by Crippen LogP contribution is -2.36. The van der Waals surface area contributed by atoms with Crippen molar-refractivity contribution < 1.29 is 14.1 Å². The van der Waals surface area contributed by atoms with Gasteiger partial charge in [-0.2, -0.15) is 4.57 Å². The van der Waals surface area contributed by atoms with Gasteiger partial charge in [-0.15, -0.1) is 0 Å². The summed E-state index contributed by atoms with van der Waals surface area (Å²) in [6.07, 6.45) is 9.36. The summed E-state index contributed by atoms with van der Waals surface area (Å²) in [6, 6.07) is 21.6. The Morgan fingerprint density at radius 1 is 1.00 bits per heavy atom. The van der Waals surface area contributed by atoms with Gasteiger partial charge in [0.15, 0.2) is 0 Å². The van der Waals surface area contributed by atoms with E-state index in [4.69, 9.17) is 4.74 Å². The Balaban J connectivity index is 1.61. The van der Waals surface area contributed by atoms with E-state index in [0.717, 1.165) is 25.8 Å². The normalized spacial score (nSPS) is 16.6. The van der Waals surface area contributed by atoms with E-state index in [9.17, 15) is 4.79 Å². The molecule has 34 heavy (non-hydrogen) atoms. The summed E-state index contributed by atoms with van der Waals surface area (Å²) >= 11 is 0. The molecule has 1 aliphatic carbocycles. The summed E-state index contributed by atoms with van der Waals surface area (Å²) in [5.41, 5.74) is 5.96. The van der Waals surface area contributed by atoms with E-state index >= 15 is 0 Å². The van der Waals surface area contributed by atoms with Gasteiger partial charge in [0.2, 0.25) is 11.2 Å².